The molecule has 0 saturated carbocycles. The van der Waals surface area contributed by atoms with Gasteiger partial charge in [0.25, 0.3) is 0 Å². The minimum absolute atomic E-state index is 0.341. The predicted molar refractivity (Wildman–Crippen MR) is 57.7 cm³/mol. The Labute approximate surface area is 82.5 Å². The molecule has 0 bridgehead atoms. The van der Waals surface area contributed by atoms with Gasteiger partial charge in [-0.25, -0.2) is 0 Å². The summed E-state index contributed by atoms with van der Waals surface area (Å²) in [5.74, 6) is 0.849. The summed E-state index contributed by atoms with van der Waals surface area (Å²) in [6.07, 6.45) is 2.42. The topological polar surface area (TPSA) is 29.3 Å². The average Bonchev–Trinajstić information content (AvgIpc) is 2.42. The van der Waals surface area contributed by atoms with Crippen LogP contribution < -0.4 is 5.73 Å². The molecule has 0 radical (unpaired) electrons. The standard InChI is InChI=1S/C11H24N2/c1-5-11(12)10(4)13-7-8(2)6-9(13)3/h8-11H,5-7,12H2,1-4H3. The molecular formula is C11H24N2. The zero-order valence-electron chi connectivity index (χ0n) is 9.46. The van der Waals surface area contributed by atoms with Crippen LogP contribution >= 0.6 is 0 Å². The zero-order valence-corrected chi connectivity index (χ0v) is 9.46. The maximum atomic E-state index is 6.06. The van der Waals surface area contributed by atoms with Gasteiger partial charge in [0.05, 0.1) is 0 Å². The first-order valence-electron chi connectivity index (χ1n) is 5.57. The van der Waals surface area contributed by atoms with Gasteiger partial charge in [-0.05, 0) is 32.6 Å². The second-order valence-corrected chi connectivity index (χ2v) is 4.70. The molecule has 2 heteroatoms. The van der Waals surface area contributed by atoms with Gasteiger partial charge in [0, 0.05) is 24.7 Å². The molecule has 13 heavy (non-hydrogen) atoms. The van der Waals surface area contributed by atoms with E-state index in [4.69, 9.17) is 5.73 Å². The van der Waals surface area contributed by atoms with E-state index in [1.54, 1.807) is 0 Å². The van der Waals surface area contributed by atoms with Crippen molar-refractivity contribution in [3.8, 4) is 0 Å². The summed E-state index contributed by atoms with van der Waals surface area (Å²) in [5, 5.41) is 0. The van der Waals surface area contributed by atoms with E-state index in [1.165, 1.54) is 13.0 Å². The van der Waals surface area contributed by atoms with E-state index < -0.39 is 0 Å². The number of nitrogens with zero attached hydrogens (tertiary/aromatic N) is 1. The molecule has 2 nitrogen and oxygen atoms in total. The van der Waals surface area contributed by atoms with Gasteiger partial charge in [0.1, 0.15) is 0 Å². The summed E-state index contributed by atoms with van der Waals surface area (Å²) in [4.78, 5) is 2.57. The Morgan fingerprint density at radius 3 is 2.46 bits per heavy atom. The molecule has 1 heterocycles. The first kappa shape index (κ1) is 11.0. The van der Waals surface area contributed by atoms with E-state index >= 15 is 0 Å². The molecule has 0 aromatic heterocycles. The average molecular weight is 184 g/mol. The second-order valence-electron chi connectivity index (χ2n) is 4.70. The molecular weight excluding hydrogens is 160 g/mol. The molecule has 4 atom stereocenters. The monoisotopic (exact) mass is 184 g/mol. The first-order chi connectivity index (χ1) is 6.06. The molecule has 1 rings (SSSR count). The normalized spacial score (nSPS) is 34.8. The maximum absolute atomic E-state index is 6.06. The molecule has 1 aliphatic heterocycles. The summed E-state index contributed by atoms with van der Waals surface area (Å²) >= 11 is 0. The number of nitrogens with two attached hydrogens (primary N) is 1. The highest BCUT2D eigenvalue weighted by atomic mass is 15.2. The van der Waals surface area contributed by atoms with Crippen LogP contribution in [0.2, 0.25) is 0 Å². The lowest BCUT2D eigenvalue weighted by Gasteiger charge is -2.32. The van der Waals surface area contributed by atoms with Crippen molar-refractivity contribution in [1.29, 1.82) is 0 Å². The van der Waals surface area contributed by atoms with Crippen LogP contribution in [0.25, 0.3) is 0 Å². The Balaban J connectivity index is 2.51. The molecule has 0 aliphatic carbocycles. The zero-order chi connectivity index (χ0) is 10.0. The Kier molecular flexibility index (Phi) is 3.74. The first-order valence-corrected chi connectivity index (χ1v) is 5.57. The fourth-order valence-corrected chi connectivity index (χ4v) is 2.49. The van der Waals surface area contributed by atoms with Crippen molar-refractivity contribution in [1.82, 2.24) is 4.90 Å². The van der Waals surface area contributed by atoms with Crippen molar-refractivity contribution in [2.45, 2.75) is 58.7 Å². The molecule has 4 unspecified atom stereocenters. The highest BCUT2D eigenvalue weighted by molar-refractivity contribution is 4.87. The minimum Gasteiger partial charge on any atom is -0.326 e. The van der Waals surface area contributed by atoms with Crippen molar-refractivity contribution in [3.63, 3.8) is 0 Å². The number of likely N-dealkylation sites (tertiary alicyclic amines) is 1. The lowest BCUT2D eigenvalue weighted by atomic mass is 10.1. The van der Waals surface area contributed by atoms with Gasteiger partial charge >= 0.3 is 0 Å². The molecule has 1 fully saturated rings. The van der Waals surface area contributed by atoms with Crippen LogP contribution in [0.4, 0.5) is 0 Å². The molecule has 0 aromatic carbocycles. The van der Waals surface area contributed by atoms with E-state index in [2.05, 4.69) is 32.6 Å². The Morgan fingerprint density at radius 2 is 2.08 bits per heavy atom. The number of hydrogen-bond acceptors (Lipinski definition) is 2. The lowest BCUT2D eigenvalue weighted by molar-refractivity contribution is 0.173. The summed E-state index contributed by atoms with van der Waals surface area (Å²) in [5.41, 5.74) is 6.06. The third-order valence-electron chi connectivity index (χ3n) is 3.45. The summed E-state index contributed by atoms with van der Waals surface area (Å²) in [7, 11) is 0. The molecule has 0 aromatic rings. The van der Waals surface area contributed by atoms with Crippen LogP contribution in [-0.2, 0) is 0 Å². The van der Waals surface area contributed by atoms with Crippen LogP contribution in [0.3, 0.4) is 0 Å². The van der Waals surface area contributed by atoms with Gasteiger partial charge in [0.15, 0.2) is 0 Å². The van der Waals surface area contributed by atoms with Crippen LogP contribution in [0, 0.1) is 5.92 Å². The third kappa shape index (κ3) is 2.44. The van der Waals surface area contributed by atoms with Crippen LogP contribution in [0.15, 0.2) is 0 Å². The van der Waals surface area contributed by atoms with Crippen molar-refractivity contribution in [2.24, 2.45) is 11.7 Å². The van der Waals surface area contributed by atoms with Gasteiger partial charge in [-0.2, -0.15) is 0 Å². The van der Waals surface area contributed by atoms with Crippen LogP contribution in [0.1, 0.15) is 40.5 Å². The second kappa shape index (κ2) is 4.43. The van der Waals surface area contributed by atoms with Crippen LogP contribution in [-0.4, -0.2) is 29.6 Å². The van der Waals surface area contributed by atoms with Gasteiger partial charge < -0.3 is 5.73 Å². The van der Waals surface area contributed by atoms with E-state index in [0.29, 0.717) is 12.1 Å². The SMILES string of the molecule is CCC(N)C(C)N1CC(C)CC1C. The quantitative estimate of drug-likeness (QED) is 0.725. The smallest absolute Gasteiger partial charge is 0.0221 e. The van der Waals surface area contributed by atoms with Gasteiger partial charge in [0.2, 0.25) is 0 Å². The third-order valence-corrected chi connectivity index (χ3v) is 3.45. The molecule has 1 aliphatic rings. The maximum Gasteiger partial charge on any atom is 0.0221 e. The largest absolute Gasteiger partial charge is 0.326 e. The van der Waals surface area contributed by atoms with Crippen molar-refractivity contribution in [2.75, 3.05) is 6.54 Å². The number of rotatable bonds is 3. The van der Waals surface area contributed by atoms with Crippen LogP contribution in [0.5, 0.6) is 0 Å². The van der Waals surface area contributed by atoms with Gasteiger partial charge in [-0.15, -0.1) is 0 Å². The fourth-order valence-electron chi connectivity index (χ4n) is 2.49. The Bertz CT molecular complexity index is 158. The molecule has 1 saturated heterocycles. The van der Waals surface area contributed by atoms with Gasteiger partial charge in [-0.3, -0.25) is 4.90 Å². The number of hydrogen-bond donors (Lipinski definition) is 1. The fraction of sp³-hybridized carbons (Fsp3) is 1.00. The minimum atomic E-state index is 0.341. The summed E-state index contributed by atoms with van der Waals surface area (Å²) < 4.78 is 0. The molecule has 0 spiro atoms. The molecule has 0 amide bonds. The van der Waals surface area contributed by atoms with Gasteiger partial charge in [-0.1, -0.05) is 13.8 Å². The van der Waals surface area contributed by atoms with E-state index in [1.807, 2.05) is 0 Å². The van der Waals surface area contributed by atoms with Crippen molar-refractivity contribution < 1.29 is 0 Å². The predicted octanol–water partition coefficient (Wildman–Crippen LogP) is 1.84. The van der Waals surface area contributed by atoms with Crippen molar-refractivity contribution >= 4 is 0 Å². The van der Waals surface area contributed by atoms with E-state index in [-0.39, 0.29) is 0 Å². The highest BCUT2D eigenvalue weighted by Gasteiger charge is 2.31. The molecule has 2 N–H and O–H groups in total. The lowest BCUT2D eigenvalue weighted by Crippen LogP contribution is -2.47. The Hall–Kier alpha value is -0.0800. The highest BCUT2D eigenvalue weighted by Crippen LogP contribution is 2.25. The van der Waals surface area contributed by atoms with Crippen molar-refractivity contribution in [3.05, 3.63) is 0 Å². The summed E-state index contributed by atoms with van der Waals surface area (Å²) in [6.45, 7) is 10.3. The molecule has 78 valence electrons. The summed E-state index contributed by atoms with van der Waals surface area (Å²) in [6, 6.07) is 1.61. The van der Waals surface area contributed by atoms with E-state index in [9.17, 15) is 0 Å². The Morgan fingerprint density at radius 1 is 1.46 bits per heavy atom. The van der Waals surface area contributed by atoms with E-state index in [0.717, 1.165) is 18.4 Å².